The molecule has 202 valence electrons. The summed E-state index contributed by atoms with van der Waals surface area (Å²) in [4.78, 5) is 50.3. The Morgan fingerprint density at radius 3 is 2.16 bits per heavy atom. The highest BCUT2D eigenvalue weighted by Gasteiger charge is 2.61. The van der Waals surface area contributed by atoms with Gasteiger partial charge >= 0.3 is 17.9 Å². The molecule has 0 heterocycles. The predicted octanol–water partition coefficient (Wildman–Crippen LogP) is 1.74. The van der Waals surface area contributed by atoms with E-state index in [9.17, 15) is 34.5 Å². The lowest BCUT2D eigenvalue weighted by Gasteiger charge is -2.45. The predicted molar refractivity (Wildman–Crippen MR) is 128 cm³/mol. The zero-order valence-corrected chi connectivity index (χ0v) is 21.2. The first kappa shape index (κ1) is 26.9. The van der Waals surface area contributed by atoms with Gasteiger partial charge in [0.25, 0.3) is 0 Å². The summed E-state index contributed by atoms with van der Waals surface area (Å²) >= 11 is 0. The molecule has 4 rings (SSSR count). The van der Waals surface area contributed by atoms with Crippen LogP contribution in [0, 0.1) is 0 Å². The molecule has 0 saturated heterocycles. The monoisotopic (exact) mass is 530 g/mol. The lowest BCUT2D eigenvalue weighted by molar-refractivity contribution is -0.203. The zero-order chi connectivity index (χ0) is 28.1. The molecule has 3 N–H and O–H groups in total. The second-order valence-corrected chi connectivity index (χ2v) is 9.11. The Balaban J connectivity index is 2.16. The fourth-order valence-electron chi connectivity index (χ4n) is 5.07. The summed E-state index contributed by atoms with van der Waals surface area (Å²) in [5.74, 6) is -4.48. The largest absolute Gasteiger partial charge is 0.507 e. The Morgan fingerprint density at radius 2 is 1.58 bits per heavy atom. The van der Waals surface area contributed by atoms with Crippen molar-refractivity contribution >= 4 is 40.0 Å². The number of hydrogen-bond donors (Lipinski definition) is 3. The van der Waals surface area contributed by atoms with E-state index >= 15 is 0 Å². The molecule has 0 spiro atoms. The minimum absolute atomic E-state index is 0.0363. The SMILES string of the molecule is COCOc1c2c(c(O)c3c(O)cccc13)C(=O)C1=C2[C@H](OC(C)=O)[C@@H](OC(C)=O)[C@](C)(O)[C@@H]1OC(C)=O. The third kappa shape index (κ3) is 4.11. The number of esters is 3. The second kappa shape index (κ2) is 9.62. The van der Waals surface area contributed by atoms with Crippen molar-refractivity contribution in [1.29, 1.82) is 0 Å². The highest BCUT2D eigenvalue weighted by molar-refractivity contribution is 6.27. The molecular formula is C26H26O12. The van der Waals surface area contributed by atoms with E-state index in [-0.39, 0.29) is 51.3 Å². The van der Waals surface area contributed by atoms with E-state index < -0.39 is 53.4 Å². The first-order valence-electron chi connectivity index (χ1n) is 11.5. The summed E-state index contributed by atoms with van der Waals surface area (Å²) < 4.78 is 27.1. The van der Waals surface area contributed by atoms with Gasteiger partial charge in [-0.25, -0.2) is 0 Å². The van der Waals surface area contributed by atoms with E-state index in [1.807, 2.05) is 0 Å². The molecule has 0 amide bonds. The smallest absolute Gasteiger partial charge is 0.303 e. The molecule has 0 fully saturated rings. The number of benzene rings is 2. The summed E-state index contributed by atoms with van der Waals surface area (Å²) in [6.07, 6.45) is -4.95. The van der Waals surface area contributed by atoms with Crippen LogP contribution < -0.4 is 4.74 Å². The number of rotatable bonds is 6. The number of ether oxygens (including phenoxy) is 5. The highest BCUT2D eigenvalue weighted by atomic mass is 16.7. The van der Waals surface area contributed by atoms with Gasteiger partial charge in [0.15, 0.2) is 30.9 Å². The first-order valence-corrected chi connectivity index (χ1v) is 11.5. The van der Waals surface area contributed by atoms with Crippen LogP contribution in [0.2, 0.25) is 0 Å². The molecular weight excluding hydrogens is 504 g/mol. The van der Waals surface area contributed by atoms with E-state index in [0.29, 0.717) is 0 Å². The Bertz CT molecular complexity index is 1400. The first-order chi connectivity index (χ1) is 17.8. The van der Waals surface area contributed by atoms with E-state index in [4.69, 9.17) is 23.7 Å². The minimum Gasteiger partial charge on any atom is -0.507 e. The standard InChI is InChI=1S/C26H26O12/c1-10(27)36-23-17-16-18(20(31)15-13(7-6-8-14(15)30)22(16)35-9-34-5)21(32)19(17)24(37-11(2)28)26(4,33)25(23)38-12(3)29/h6-8,23-25,30-31,33H,9H2,1-5H3/t23-,24+,25+,26+/m0/s1. The van der Waals surface area contributed by atoms with Crippen LogP contribution in [0.25, 0.3) is 16.3 Å². The molecule has 12 nitrogen and oxygen atoms in total. The molecule has 0 radical (unpaired) electrons. The summed E-state index contributed by atoms with van der Waals surface area (Å²) in [7, 11) is 1.35. The number of aliphatic hydroxyl groups is 1. The summed E-state index contributed by atoms with van der Waals surface area (Å²) in [5.41, 5.74) is -3.10. The second-order valence-electron chi connectivity index (χ2n) is 9.11. The number of methoxy groups -OCH3 is 1. The van der Waals surface area contributed by atoms with Crippen LogP contribution in [-0.4, -0.2) is 76.8 Å². The number of phenols is 2. The van der Waals surface area contributed by atoms with Gasteiger partial charge in [-0.3, -0.25) is 19.2 Å². The number of carbonyl (C=O) groups is 4. The average molecular weight is 530 g/mol. The summed E-state index contributed by atoms with van der Waals surface area (Å²) in [6.45, 7) is 4.03. The van der Waals surface area contributed by atoms with Gasteiger partial charge in [-0.2, -0.15) is 0 Å². The van der Waals surface area contributed by atoms with Crippen LogP contribution in [0.4, 0.5) is 0 Å². The number of aromatic hydroxyl groups is 2. The Labute approximate surface area is 216 Å². The Morgan fingerprint density at radius 1 is 0.947 bits per heavy atom. The number of carbonyl (C=O) groups excluding carboxylic acids is 4. The van der Waals surface area contributed by atoms with Crippen LogP contribution in [-0.2, 0) is 33.3 Å². The van der Waals surface area contributed by atoms with Crippen molar-refractivity contribution in [3.63, 3.8) is 0 Å². The maximum absolute atomic E-state index is 13.9. The molecule has 0 unspecified atom stereocenters. The average Bonchev–Trinajstić information content (AvgIpc) is 3.11. The van der Waals surface area contributed by atoms with Crippen molar-refractivity contribution in [3.05, 3.63) is 34.9 Å². The van der Waals surface area contributed by atoms with Crippen molar-refractivity contribution in [1.82, 2.24) is 0 Å². The van der Waals surface area contributed by atoms with Crippen molar-refractivity contribution in [2.75, 3.05) is 13.9 Å². The molecule has 38 heavy (non-hydrogen) atoms. The van der Waals surface area contributed by atoms with Crippen molar-refractivity contribution in [3.8, 4) is 17.2 Å². The normalized spacial score (nSPS) is 24.1. The molecule has 4 atom stereocenters. The number of hydrogen-bond acceptors (Lipinski definition) is 12. The molecule has 2 aliphatic carbocycles. The van der Waals surface area contributed by atoms with E-state index in [0.717, 1.165) is 27.7 Å². The topological polar surface area (TPSA) is 175 Å². The van der Waals surface area contributed by atoms with Crippen LogP contribution in [0.5, 0.6) is 17.2 Å². The van der Waals surface area contributed by atoms with E-state index in [1.165, 1.54) is 25.3 Å². The van der Waals surface area contributed by atoms with Gasteiger partial charge in [-0.05, 0) is 13.0 Å². The van der Waals surface area contributed by atoms with E-state index in [1.54, 1.807) is 0 Å². The number of fused-ring (bicyclic) bond motifs is 3. The molecule has 2 aromatic carbocycles. The van der Waals surface area contributed by atoms with Crippen LogP contribution in [0.1, 0.15) is 43.6 Å². The van der Waals surface area contributed by atoms with E-state index in [2.05, 4.69) is 0 Å². The molecule has 0 aromatic heterocycles. The quantitative estimate of drug-likeness (QED) is 0.281. The zero-order valence-electron chi connectivity index (χ0n) is 21.2. The maximum atomic E-state index is 13.9. The summed E-state index contributed by atoms with van der Waals surface area (Å²) in [6, 6.07) is 4.29. The minimum atomic E-state index is -2.27. The molecule has 2 aromatic rings. The maximum Gasteiger partial charge on any atom is 0.303 e. The van der Waals surface area contributed by atoms with Gasteiger partial charge in [-0.15, -0.1) is 0 Å². The van der Waals surface area contributed by atoms with Crippen molar-refractivity contribution in [2.45, 2.75) is 51.6 Å². The van der Waals surface area contributed by atoms with Crippen LogP contribution in [0.15, 0.2) is 23.8 Å². The van der Waals surface area contributed by atoms with Crippen molar-refractivity contribution in [2.24, 2.45) is 0 Å². The molecule has 12 heteroatoms. The molecule has 2 aliphatic rings. The molecule has 0 saturated carbocycles. The lowest BCUT2D eigenvalue weighted by atomic mass is 9.74. The number of Topliss-reactive ketones (excluding diaryl/α,β-unsaturated/α-hetero) is 1. The van der Waals surface area contributed by atoms with Crippen molar-refractivity contribution < 1.29 is 58.2 Å². The summed E-state index contributed by atoms with van der Waals surface area (Å²) in [5, 5.41) is 33.4. The Hall–Kier alpha value is -4.16. The van der Waals surface area contributed by atoms with Gasteiger partial charge < -0.3 is 39.0 Å². The fourth-order valence-corrected chi connectivity index (χ4v) is 5.07. The Kier molecular flexibility index (Phi) is 6.80. The lowest BCUT2D eigenvalue weighted by Crippen LogP contribution is -2.62. The number of phenolic OH excluding ortho intramolecular Hbond substituents is 2. The number of ketones is 1. The van der Waals surface area contributed by atoms with Gasteiger partial charge in [0.2, 0.25) is 0 Å². The highest BCUT2D eigenvalue weighted by Crippen LogP contribution is 2.56. The van der Waals surface area contributed by atoms with Crippen LogP contribution >= 0.6 is 0 Å². The van der Waals surface area contributed by atoms with Gasteiger partial charge in [0.1, 0.15) is 22.8 Å². The molecule has 0 bridgehead atoms. The van der Waals surface area contributed by atoms with Gasteiger partial charge in [0, 0.05) is 44.4 Å². The van der Waals surface area contributed by atoms with Crippen LogP contribution in [0.3, 0.4) is 0 Å². The fraction of sp³-hybridized carbons (Fsp3) is 0.385. The third-order valence-electron chi connectivity index (χ3n) is 6.39. The van der Waals surface area contributed by atoms with Gasteiger partial charge in [0.05, 0.1) is 16.5 Å². The van der Waals surface area contributed by atoms with Gasteiger partial charge in [-0.1, -0.05) is 12.1 Å². The molecule has 0 aliphatic heterocycles. The third-order valence-corrected chi connectivity index (χ3v) is 6.39.